The lowest BCUT2D eigenvalue weighted by Crippen LogP contribution is -2.15. The van der Waals surface area contributed by atoms with Gasteiger partial charge >= 0.3 is 0 Å². The summed E-state index contributed by atoms with van der Waals surface area (Å²) in [6.45, 7) is 2.24. The summed E-state index contributed by atoms with van der Waals surface area (Å²) in [6.07, 6.45) is 10.6. The van der Waals surface area contributed by atoms with Gasteiger partial charge in [0.15, 0.2) is 0 Å². The minimum Gasteiger partial charge on any atom is -0.206 e. The van der Waals surface area contributed by atoms with Gasteiger partial charge in [0.05, 0.1) is 5.56 Å². The van der Waals surface area contributed by atoms with E-state index in [1.165, 1.54) is 51.4 Å². The molecule has 0 heterocycles. The van der Waals surface area contributed by atoms with Crippen LogP contribution in [0.15, 0.2) is 30.3 Å². The Morgan fingerprint density at radius 1 is 0.966 bits per heavy atom. The summed E-state index contributed by atoms with van der Waals surface area (Å²) in [5.74, 6) is -0.273. The van der Waals surface area contributed by atoms with Crippen molar-refractivity contribution in [3.63, 3.8) is 0 Å². The van der Waals surface area contributed by atoms with E-state index in [0.717, 1.165) is 36.3 Å². The molecule has 0 N–H and O–H groups in total. The minimum atomic E-state index is -2.11. The standard InChI is InChI=1S/C25H30F4/c1-2-3-4-5-17-6-8-18(9-7-17)10-11-19-12-13-21-20(14-19)15-23(26)22(25(21)29)16-24(27)28/h12-18H,2-11H2,1H3. The van der Waals surface area contributed by atoms with Gasteiger partial charge < -0.3 is 0 Å². The molecule has 3 rings (SSSR count). The second-order valence-electron chi connectivity index (χ2n) is 8.50. The van der Waals surface area contributed by atoms with Gasteiger partial charge in [0, 0.05) is 11.5 Å². The van der Waals surface area contributed by atoms with Crippen LogP contribution in [0.3, 0.4) is 0 Å². The van der Waals surface area contributed by atoms with E-state index in [2.05, 4.69) is 6.92 Å². The molecule has 1 aliphatic rings. The van der Waals surface area contributed by atoms with E-state index >= 15 is 0 Å². The molecule has 1 saturated carbocycles. The molecular weight excluding hydrogens is 376 g/mol. The van der Waals surface area contributed by atoms with Crippen molar-refractivity contribution in [2.75, 3.05) is 0 Å². The highest BCUT2D eigenvalue weighted by molar-refractivity contribution is 5.86. The van der Waals surface area contributed by atoms with Crippen LogP contribution < -0.4 is 0 Å². The monoisotopic (exact) mass is 406 g/mol. The lowest BCUT2D eigenvalue weighted by atomic mass is 9.77. The molecule has 0 unspecified atom stereocenters. The van der Waals surface area contributed by atoms with E-state index in [1.54, 1.807) is 12.1 Å². The maximum atomic E-state index is 14.4. The Kier molecular flexibility index (Phi) is 7.74. The van der Waals surface area contributed by atoms with Crippen molar-refractivity contribution < 1.29 is 17.6 Å². The Balaban J connectivity index is 1.60. The molecule has 2 aromatic carbocycles. The van der Waals surface area contributed by atoms with Crippen LogP contribution >= 0.6 is 0 Å². The lowest BCUT2D eigenvalue weighted by molar-refractivity contribution is 0.249. The first-order valence-electron chi connectivity index (χ1n) is 10.9. The van der Waals surface area contributed by atoms with Crippen LogP contribution in [-0.4, -0.2) is 0 Å². The molecule has 0 atom stereocenters. The third kappa shape index (κ3) is 5.83. The molecule has 1 fully saturated rings. The fraction of sp³-hybridized carbons (Fsp3) is 0.520. The summed E-state index contributed by atoms with van der Waals surface area (Å²) in [5, 5.41) is 0.601. The van der Waals surface area contributed by atoms with Crippen molar-refractivity contribution in [3.05, 3.63) is 53.1 Å². The van der Waals surface area contributed by atoms with Gasteiger partial charge in [-0.05, 0) is 41.7 Å². The SMILES string of the molecule is CCCCCC1CCC(CCc2ccc3c(F)c(C=C(F)F)c(F)cc3c2)CC1. The quantitative estimate of drug-likeness (QED) is 0.304. The number of halogens is 4. The van der Waals surface area contributed by atoms with Crippen LogP contribution in [0.1, 0.15) is 75.8 Å². The summed E-state index contributed by atoms with van der Waals surface area (Å²) < 4.78 is 53.4. The van der Waals surface area contributed by atoms with Crippen molar-refractivity contribution in [1.29, 1.82) is 0 Å². The number of unbranched alkanes of at least 4 members (excludes halogenated alkanes) is 2. The number of fused-ring (bicyclic) bond motifs is 1. The zero-order chi connectivity index (χ0) is 20.8. The van der Waals surface area contributed by atoms with Gasteiger partial charge in [-0.3, -0.25) is 0 Å². The first-order chi connectivity index (χ1) is 14.0. The van der Waals surface area contributed by atoms with E-state index < -0.39 is 23.3 Å². The maximum absolute atomic E-state index is 14.4. The molecule has 0 radical (unpaired) electrons. The highest BCUT2D eigenvalue weighted by Crippen LogP contribution is 2.35. The third-order valence-electron chi connectivity index (χ3n) is 6.41. The summed E-state index contributed by atoms with van der Waals surface area (Å²) in [5.41, 5.74) is 0.363. The van der Waals surface area contributed by atoms with Crippen LogP contribution in [0.25, 0.3) is 16.8 Å². The van der Waals surface area contributed by atoms with E-state index in [1.807, 2.05) is 6.07 Å². The molecular formula is C25H30F4. The highest BCUT2D eigenvalue weighted by Gasteiger charge is 2.21. The topological polar surface area (TPSA) is 0 Å². The first kappa shape index (κ1) is 21.9. The third-order valence-corrected chi connectivity index (χ3v) is 6.41. The van der Waals surface area contributed by atoms with Gasteiger partial charge in [0.25, 0.3) is 6.08 Å². The normalized spacial score (nSPS) is 19.5. The Morgan fingerprint density at radius 3 is 2.31 bits per heavy atom. The summed E-state index contributed by atoms with van der Waals surface area (Å²) in [6, 6.07) is 6.35. The first-order valence-corrected chi connectivity index (χ1v) is 10.9. The van der Waals surface area contributed by atoms with E-state index in [-0.39, 0.29) is 11.5 Å². The molecule has 0 aliphatic heterocycles. The predicted octanol–water partition coefficient (Wildman–Crippen LogP) is 8.67. The molecule has 1 aliphatic carbocycles. The van der Waals surface area contributed by atoms with Crippen LogP contribution in [-0.2, 0) is 6.42 Å². The summed E-state index contributed by atoms with van der Waals surface area (Å²) in [4.78, 5) is 0. The van der Waals surface area contributed by atoms with Crippen molar-refractivity contribution in [2.24, 2.45) is 11.8 Å². The molecule has 0 amide bonds. The van der Waals surface area contributed by atoms with Crippen LogP contribution in [0, 0.1) is 23.5 Å². The minimum absolute atomic E-state index is 0.176. The van der Waals surface area contributed by atoms with E-state index in [9.17, 15) is 17.6 Å². The van der Waals surface area contributed by atoms with Crippen LogP contribution in [0.2, 0.25) is 0 Å². The fourth-order valence-corrected chi connectivity index (χ4v) is 4.66. The van der Waals surface area contributed by atoms with Gasteiger partial charge in [-0.25, -0.2) is 8.78 Å². The van der Waals surface area contributed by atoms with Gasteiger partial charge in [0.1, 0.15) is 11.6 Å². The summed E-state index contributed by atoms with van der Waals surface area (Å²) >= 11 is 0. The van der Waals surface area contributed by atoms with Gasteiger partial charge in [-0.2, -0.15) is 8.78 Å². The molecule has 158 valence electrons. The molecule has 0 saturated heterocycles. The average Bonchev–Trinajstić information content (AvgIpc) is 2.70. The average molecular weight is 407 g/mol. The number of hydrogen-bond acceptors (Lipinski definition) is 0. The number of aryl methyl sites for hydroxylation is 1. The molecule has 0 nitrogen and oxygen atoms in total. The highest BCUT2D eigenvalue weighted by atomic mass is 19.3. The molecule has 0 aromatic heterocycles. The molecule has 0 spiro atoms. The predicted molar refractivity (Wildman–Crippen MR) is 112 cm³/mol. The Hall–Kier alpha value is -1.84. The maximum Gasteiger partial charge on any atom is 0.271 e. The van der Waals surface area contributed by atoms with E-state index in [0.29, 0.717) is 5.39 Å². The Morgan fingerprint density at radius 2 is 1.66 bits per heavy atom. The molecule has 2 aromatic rings. The number of benzene rings is 2. The fourth-order valence-electron chi connectivity index (χ4n) is 4.66. The molecule has 0 bridgehead atoms. The zero-order valence-electron chi connectivity index (χ0n) is 17.1. The number of hydrogen-bond donors (Lipinski definition) is 0. The van der Waals surface area contributed by atoms with Crippen molar-refractivity contribution in [2.45, 2.75) is 71.1 Å². The Bertz CT molecular complexity index is 844. The second-order valence-corrected chi connectivity index (χ2v) is 8.50. The van der Waals surface area contributed by atoms with Gasteiger partial charge in [-0.15, -0.1) is 0 Å². The largest absolute Gasteiger partial charge is 0.271 e. The van der Waals surface area contributed by atoms with Crippen molar-refractivity contribution in [1.82, 2.24) is 0 Å². The number of rotatable bonds is 8. The smallest absolute Gasteiger partial charge is 0.206 e. The van der Waals surface area contributed by atoms with E-state index in [4.69, 9.17) is 0 Å². The molecule has 4 heteroatoms. The van der Waals surface area contributed by atoms with Crippen LogP contribution in [0.4, 0.5) is 17.6 Å². The van der Waals surface area contributed by atoms with Crippen LogP contribution in [0.5, 0.6) is 0 Å². The lowest BCUT2D eigenvalue weighted by Gasteiger charge is -2.28. The van der Waals surface area contributed by atoms with Crippen molar-refractivity contribution in [3.8, 4) is 0 Å². The Labute approximate surface area is 171 Å². The second kappa shape index (κ2) is 10.3. The van der Waals surface area contributed by atoms with Gasteiger partial charge in [0.2, 0.25) is 0 Å². The summed E-state index contributed by atoms with van der Waals surface area (Å²) in [7, 11) is 0. The van der Waals surface area contributed by atoms with Crippen molar-refractivity contribution >= 4 is 16.8 Å². The zero-order valence-corrected chi connectivity index (χ0v) is 17.1. The molecule has 29 heavy (non-hydrogen) atoms. The van der Waals surface area contributed by atoms with Gasteiger partial charge in [-0.1, -0.05) is 76.5 Å².